The van der Waals surface area contributed by atoms with E-state index in [1.807, 2.05) is 53.2 Å². The van der Waals surface area contributed by atoms with E-state index in [2.05, 4.69) is 10.1 Å². The number of halogens is 2. The third-order valence-electron chi connectivity index (χ3n) is 5.57. The first-order valence-corrected chi connectivity index (χ1v) is 12.0. The van der Waals surface area contributed by atoms with Crippen LogP contribution in [0.3, 0.4) is 0 Å². The molecule has 0 aliphatic rings. The molecule has 0 spiro atoms. The normalized spacial score (nSPS) is 11.0. The van der Waals surface area contributed by atoms with Crippen LogP contribution in [-0.2, 0) is 16.1 Å². The van der Waals surface area contributed by atoms with Crippen molar-refractivity contribution in [1.82, 2.24) is 9.55 Å². The Hall–Kier alpha value is -4.07. The molecule has 0 fully saturated rings. The second-order valence-corrected chi connectivity index (χ2v) is 8.97. The second kappa shape index (κ2) is 11.8. The minimum atomic E-state index is -0.969. The Morgan fingerprint density at radius 1 is 1.03 bits per heavy atom. The molecule has 188 valence electrons. The Morgan fingerprint density at radius 2 is 1.76 bits per heavy atom. The maximum absolute atomic E-state index is 11.3. The van der Waals surface area contributed by atoms with Crippen molar-refractivity contribution < 1.29 is 19.4 Å². The summed E-state index contributed by atoms with van der Waals surface area (Å²) in [5.74, 6) is -0.620. The lowest BCUT2D eigenvalue weighted by molar-refractivity contribution is -0.138. The number of aromatic carboxylic acids is 1. The van der Waals surface area contributed by atoms with Gasteiger partial charge in [0.25, 0.3) is 0 Å². The van der Waals surface area contributed by atoms with Gasteiger partial charge in [0.2, 0.25) is 0 Å². The van der Waals surface area contributed by atoms with E-state index >= 15 is 0 Å². The SMILES string of the molecule is COC(=O)CNc1ccc(/C=C/c2nc(-c3ccc(Cl)cc3Cl)cn2Cc2ccc(C(=O)O)cc2)cc1. The minimum absolute atomic E-state index is 0.0899. The van der Waals surface area contributed by atoms with E-state index in [0.29, 0.717) is 28.1 Å². The predicted molar refractivity (Wildman–Crippen MR) is 146 cm³/mol. The molecule has 0 radical (unpaired) electrons. The number of carbonyl (C=O) groups is 2. The van der Waals surface area contributed by atoms with E-state index in [0.717, 1.165) is 22.4 Å². The van der Waals surface area contributed by atoms with Gasteiger partial charge in [0.1, 0.15) is 12.4 Å². The summed E-state index contributed by atoms with van der Waals surface area (Å²) in [4.78, 5) is 27.3. The fourth-order valence-electron chi connectivity index (χ4n) is 3.60. The molecule has 4 rings (SSSR count). The number of carbonyl (C=O) groups excluding carboxylic acids is 1. The van der Waals surface area contributed by atoms with Crippen molar-refractivity contribution in [2.45, 2.75) is 6.54 Å². The molecule has 0 aliphatic heterocycles. The summed E-state index contributed by atoms with van der Waals surface area (Å²) in [5, 5.41) is 13.2. The standard InChI is InChI=1S/C28H23Cl2N3O4/c1-37-27(34)15-31-22-10-4-18(5-11-22)6-13-26-32-25(23-12-9-21(29)14-24(23)30)17-33(26)16-19-2-7-20(8-3-19)28(35)36/h2-14,17,31H,15-16H2,1H3,(H,35,36)/b13-6+. The van der Waals surface area contributed by atoms with Crippen molar-refractivity contribution in [2.75, 3.05) is 19.0 Å². The molecule has 7 nitrogen and oxygen atoms in total. The number of hydrogen-bond acceptors (Lipinski definition) is 5. The Labute approximate surface area is 223 Å². The van der Waals surface area contributed by atoms with Crippen molar-refractivity contribution in [3.05, 3.63) is 105 Å². The molecule has 0 unspecified atom stereocenters. The van der Waals surface area contributed by atoms with Crippen molar-refractivity contribution in [2.24, 2.45) is 0 Å². The van der Waals surface area contributed by atoms with Crippen molar-refractivity contribution in [1.29, 1.82) is 0 Å². The van der Waals surface area contributed by atoms with E-state index in [9.17, 15) is 14.7 Å². The minimum Gasteiger partial charge on any atom is -0.478 e. The number of carboxylic acid groups (broad SMARTS) is 1. The largest absolute Gasteiger partial charge is 0.478 e. The van der Waals surface area contributed by atoms with Crippen LogP contribution in [0.4, 0.5) is 5.69 Å². The Bertz CT molecular complexity index is 1450. The first-order valence-electron chi connectivity index (χ1n) is 11.3. The second-order valence-electron chi connectivity index (χ2n) is 8.12. The summed E-state index contributed by atoms with van der Waals surface area (Å²) in [6.07, 6.45) is 5.74. The number of rotatable bonds is 9. The van der Waals surface area contributed by atoms with Crippen LogP contribution in [0.25, 0.3) is 23.4 Å². The molecule has 1 heterocycles. The average molecular weight is 536 g/mol. The fourth-order valence-corrected chi connectivity index (χ4v) is 4.10. The van der Waals surface area contributed by atoms with Gasteiger partial charge in [0.05, 0.1) is 23.4 Å². The lowest BCUT2D eigenvalue weighted by Crippen LogP contribution is -2.14. The lowest BCUT2D eigenvalue weighted by atomic mass is 10.1. The molecule has 0 atom stereocenters. The van der Waals surface area contributed by atoms with Gasteiger partial charge in [-0.15, -0.1) is 0 Å². The van der Waals surface area contributed by atoms with Gasteiger partial charge in [-0.3, -0.25) is 4.79 Å². The topological polar surface area (TPSA) is 93.5 Å². The van der Waals surface area contributed by atoms with Crippen LogP contribution in [0.2, 0.25) is 10.0 Å². The van der Waals surface area contributed by atoms with E-state index < -0.39 is 5.97 Å². The van der Waals surface area contributed by atoms with Crippen molar-refractivity contribution in [3.63, 3.8) is 0 Å². The molecule has 0 amide bonds. The van der Waals surface area contributed by atoms with E-state index in [-0.39, 0.29) is 18.1 Å². The molecule has 37 heavy (non-hydrogen) atoms. The van der Waals surface area contributed by atoms with Crippen LogP contribution in [0.1, 0.15) is 27.3 Å². The number of nitrogens with zero attached hydrogens (tertiary/aromatic N) is 2. The van der Waals surface area contributed by atoms with Gasteiger partial charge in [-0.05, 0) is 59.7 Å². The third-order valence-corrected chi connectivity index (χ3v) is 6.12. The van der Waals surface area contributed by atoms with Gasteiger partial charge < -0.3 is 19.7 Å². The molecule has 9 heteroatoms. The number of nitrogens with one attached hydrogen (secondary N) is 1. The van der Waals surface area contributed by atoms with Gasteiger partial charge >= 0.3 is 11.9 Å². The monoisotopic (exact) mass is 535 g/mol. The molecular formula is C28H23Cl2N3O4. The average Bonchev–Trinajstić information content (AvgIpc) is 3.28. The summed E-state index contributed by atoms with van der Waals surface area (Å²) in [7, 11) is 1.35. The van der Waals surface area contributed by atoms with E-state index in [1.165, 1.54) is 7.11 Å². The number of anilines is 1. The summed E-state index contributed by atoms with van der Waals surface area (Å²) >= 11 is 12.5. The summed E-state index contributed by atoms with van der Waals surface area (Å²) in [6.45, 7) is 0.570. The number of carboxylic acids is 1. The Morgan fingerprint density at radius 3 is 2.41 bits per heavy atom. The fraction of sp³-hybridized carbons (Fsp3) is 0.107. The summed E-state index contributed by atoms with van der Waals surface area (Å²) < 4.78 is 6.61. The van der Waals surface area contributed by atoms with E-state index in [4.69, 9.17) is 28.2 Å². The molecule has 3 aromatic carbocycles. The molecule has 1 aromatic heterocycles. The molecule has 0 saturated carbocycles. The highest BCUT2D eigenvalue weighted by molar-refractivity contribution is 6.36. The molecular weight excluding hydrogens is 513 g/mol. The van der Waals surface area contributed by atoms with Gasteiger partial charge in [-0.1, -0.05) is 53.5 Å². The molecule has 4 aromatic rings. The maximum Gasteiger partial charge on any atom is 0.335 e. The highest BCUT2D eigenvalue weighted by Crippen LogP contribution is 2.30. The lowest BCUT2D eigenvalue weighted by Gasteiger charge is -2.06. The first-order chi connectivity index (χ1) is 17.8. The van der Waals surface area contributed by atoms with Crippen LogP contribution in [0.15, 0.2) is 72.9 Å². The zero-order chi connectivity index (χ0) is 26.4. The van der Waals surface area contributed by atoms with Crippen LogP contribution >= 0.6 is 23.2 Å². The zero-order valence-corrected chi connectivity index (χ0v) is 21.3. The summed E-state index contributed by atoms with van der Waals surface area (Å²) in [5.41, 5.74) is 4.33. The van der Waals surface area contributed by atoms with E-state index in [1.54, 1.807) is 36.4 Å². The number of hydrogen-bond donors (Lipinski definition) is 2. The van der Waals surface area contributed by atoms with Gasteiger partial charge in [0, 0.05) is 29.0 Å². The van der Waals surface area contributed by atoms with Crippen LogP contribution in [0, 0.1) is 0 Å². The maximum atomic E-state index is 11.3. The quantitative estimate of drug-likeness (QED) is 0.242. The zero-order valence-electron chi connectivity index (χ0n) is 19.8. The molecule has 0 saturated heterocycles. The number of ether oxygens (including phenoxy) is 1. The first kappa shape index (κ1) is 26.0. The highest BCUT2D eigenvalue weighted by Gasteiger charge is 2.12. The van der Waals surface area contributed by atoms with Crippen LogP contribution in [0.5, 0.6) is 0 Å². The third kappa shape index (κ3) is 6.78. The number of imidazole rings is 1. The van der Waals surface area contributed by atoms with Gasteiger partial charge in [-0.2, -0.15) is 0 Å². The van der Waals surface area contributed by atoms with Crippen molar-refractivity contribution in [3.8, 4) is 11.3 Å². The molecule has 0 aliphatic carbocycles. The number of aromatic nitrogens is 2. The predicted octanol–water partition coefficient (Wildman–Crippen LogP) is 6.36. The Balaban J connectivity index is 1.61. The van der Waals surface area contributed by atoms with Gasteiger partial charge in [-0.25, -0.2) is 9.78 Å². The highest BCUT2D eigenvalue weighted by atomic mass is 35.5. The number of esters is 1. The smallest absolute Gasteiger partial charge is 0.335 e. The summed E-state index contributed by atoms with van der Waals surface area (Å²) in [6, 6.07) is 19.6. The number of benzene rings is 3. The van der Waals surface area contributed by atoms with Gasteiger partial charge in [0.15, 0.2) is 0 Å². The van der Waals surface area contributed by atoms with Crippen molar-refractivity contribution >= 4 is 53.0 Å². The van der Waals surface area contributed by atoms with Crippen LogP contribution < -0.4 is 5.32 Å². The Kier molecular flexibility index (Phi) is 8.28. The molecule has 0 bridgehead atoms. The van der Waals surface area contributed by atoms with Crippen LogP contribution in [-0.4, -0.2) is 40.3 Å². The molecule has 2 N–H and O–H groups in total. The number of methoxy groups -OCH3 is 1.